The van der Waals surface area contributed by atoms with Gasteiger partial charge in [-0.2, -0.15) is 0 Å². The molecule has 6 nitrogen and oxygen atoms in total. The lowest BCUT2D eigenvalue weighted by atomic mass is 10.1. The van der Waals surface area contributed by atoms with Gasteiger partial charge in [0.05, 0.1) is 18.0 Å². The summed E-state index contributed by atoms with van der Waals surface area (Å²) < 4.78 is 6.22. The molecule has 0 unspecified atom stereocenters. The quantitative estimate of drug-likeness (QED) is 0.597. The average Bonchev–Trinajstić information content (AvgIpc) is 3.13. The molecule has 0 bridgehead atoms. The molecule has 2 aliphatic heterocycles. The Morgan fingerprint density at radius 3 is 2.83 bits per heavy atom. The van der Waals surface area contributed by atoms with Crippen molar-refractivity contribution in [3.8, 4) is 0 Å². The summed E-state index contributed by atoms with van der Waals surface area (Å²) in [5.41, 5.74) is 0. The van der Waals surface area contributed by atoms with Crippen molar-refractivity contribution in [1.82, 2.24) is 4.90 Å². The maximum absolute atomic E-state index is 12.3. The Morgan fingerprint density at radius 2 is 2.12 bits per heavy atom. The van der Waals surface area contributed by atoms with Crippen LogP contribution in [0, 0.1) is 0 Å². The molecule has 1 aromatic heterocycles. The van der Waals surface area contributed by atoms with Crippen LogP contribution in [0.3, 0.4) is 0 Å². The second kappa shape index (κ2) is 7.50. The van der Waals surface area contributed by atoms with Gasteiger partial charge in [-0.15, -0.1) is 0 Å². The first-order chi connectivity index (χ1) is 11.5. The minimum Gasteiger partial charge on any atom is -0.550 e. The van der Waals surface area contributed by atoms with Crippen LogP contribution in [0.15, 0.2) is 21.5 Å². The highest BCUT2D eigenvalue weighted by Gasteiger charge is 2.32. The van der Waals surface area contributed by atoms with E-state index in [9.17, 15) is 14.7 Å². The van der Waals surface area contributed by atoms with Crippen molar-refractivity contribution in [2.45, 2.75) is 25.7 Å². The van der Waals surface area contributed by atoms with Crippen molar-refractivity contribution >= 4 is 52.1 Å². The summed E-state index contributed by atoms with van der Waals surface area (Å²) >= 11 is 6.31. The van der Waals surface area contributed by atoms with Gasteiger partial charge in [-0.25, -0.2) is 0 Å². The number of rotatable bonds is 5. The Hall–Kier alpha value is -1.64. The standard InChI is InChI=1S/C16H18N2O4S2/c19-14(20)6-9-18-15(21)12(24-16(18)23)10-11-4-5-13(22-11)17-7-2-1-3-8-17/h4-5,10H,1-3,6-9H2,(H,19,20)/b12-10-. The SMILES string of the molecule is O=C([O-])CCN1C(=O)/C(=C/c2ccc([NH+]3CCCCC3)o2)SC1=S. The Kier molecular flexibility index (Phi) is 5.37. The first-order valence-electron chi connectivity index (χ1n) is 7.95. The number of thioether (sulfide) groups is 1. The minimum atomic E-state index is -1.20. The number of carboxylic acids is 1. The topological polar surface area (TPSA) is 78.0 Å². The summed E-state index contributed by atoms with van der Waals surface area (Å²) in [6.07, 6.45) is 5.10. The van der Waals surface area contributed by atoms with E-state index in [1.165, 1.54) is 29.1 Å². The number of furan rings is 1. The molecule has 2 fully saturated rings. The van der Waals surface area contributed by atoms with Crippen LogP contribution in [-0.4, -0.2) is 40.7 Å². The molecule has 2 saturated heterocycles. The molecule has 0 radical (unpaired) electrons. The number of quaternary nitrogens is 1. The lowest BCUT2D eigenvalue weighted by Crippen LogP contribution is -3.08. The van der Waals surface area contributed by atoms with Crippen LogP contribution in [0.25, 0.3) is 6.08 Å². The predicted molar refractivity (Wildman–Crippen MR) is 92.4 cm³/mol. The molecular weight excluding hydrogens is 348 g/mol. The van der Waals surface area contributed by atoms with Gasteiger partial charge in [0.25, 0.3) is 11.8 Å². The van der Waals surface area contributed by atoms with E-state index >= 15 is 0 Å². The Labute approximate surface area is 149 Å². The number of nitrogens with one attached hydrogen (secondary N) is 1. The molecule has 1 N–H and O–H groups in total. The third-order valence-corrected chi connectivity index (χ3v) is 5.50. The van der Waals surface area contributed by atoms with Gasteiger partial charge in [-0.1, -0.05) is 24.0 Å². The van der Waals surface area contributed by atoms with Crippen molar-refractivity contribution < 1.29 is 24.0 Å². The predicted octanol–water partition coefficient (Wildman–Crippen LogP) is 0.321. The number of nitrogens with zero attached hydrogens (tertiary/aromatic N) is 1. The zero-order chi connectivity index (χ0) is 17.1. The number of piperidine rings is 1. The highest BCUT2D eigenvalue weighted by Crippen LogP contribution is 2.33. The Morgan fingerprint density at radius 1 is 1.38 bits per heavy atom. The first kappa shape index (κ1) is 17.2. The maximum Gasteiger partial charge on any atom is 0.295 e. The number of carbonyl (C=O) groups is 2. The van der Waals surface area contributed by atoms with Crippen molar-refractivity contribution in [1.29, 1.82) is 0 Å². The smallest absolute Gasteiger partial charge is 0.295 e. The van der Waals surface area contributed by atoms with Crippen LogP contribution in [0.4, 0.5) is 5.88 Å². The van der Waals surface area contributed by atoms with Crippen molar-refractivity contribution in [3.05, 3.63) is 22.8 Å². The second-order valence-electron chi connectivity index (χ2n) is 5.82. The number of aliphatic carboxylic acids is 1. The number of carbonyl (C=O) groups excluding carboxylic acids is 2. The van der Waals surface area contributed by atoms with Gasteiger partial charge in [0.15, 0.2) is 0 Å². The van der Waals surface area contributed by atoms with Gasteiger partial charge < -0.3 is 14.3 Å². The van der Waals surface area contributed by atoms with Crippen LogP contribution in [0.5, 0.6) is 0 Å². The lowest BCUT2D eigenvalue weighted by Gasteiger charge is -2.20. The van der Waals surface area contributed by atoms with Crippen LogP contribution < -0.4 is 10.0 Å². The molecule has 1 aromatic rings. The number of carboxylic acid groups (broad SMARTS) is 1. The van der Waals surface area contributed by atoms with Crippen LogP contribution >= 0.6 is 24.0 Å². The zero-order valence-electron chi connectivity index (χ0n) is 13.1. The van der Waals surface area contributed by atoms with Crippen LogP contribution in [0.1, 0.15) is 31.4 Å². The van der Waals surface area contributed by atoms with E-state index in [2.05, 4.69) is 0 Å². The number of hydrogen-bond donors (Lipinski definition) is 1. The molecule has 128 valence electrons. The summed E-state index contributed by atoms with van der Waals surface area (Å²) in [6.45, 7) is 2.17. The van der Waals surface area contributed by atoms with Crippen LogP contribution in [-0.2, 0) is 9.59 Å². The van der Waals surface area contributed by atoms with Gasteiger partial charge in [0.2, 0.25) is 0 Å². The zero-order valence-corrected chi connectivity index (χ0v) is 14.7. The summed E-state index contributed by atoms with van der Waals surface area (Å²) in [5.74, 6) is 0.0274. The first-order valence-corrected chi connectivity index (χ1v) is 9.17. The number of thiocarbonyl (C=S) groups is 1. The second-order valence-corrected chi connectivity index (χ2v) is 7.50. The maximum atomic E-state index is 12.3. The molecular formula is C16H18N2O4S2. The summed E-state index contributed by atoms with van der Waals surface area (Å²) in [6, 6.07) is 3.80. The van der Waals surface area contributed by atoms with Crippen LogP contribution in [0.2, 0.25) is 0 Å². The van der Waals surface area contributed by atoms with E-state index in [4.69, 9.17) is 16.6 Å². The fourth-order valence-corrected chi connectivity index (χ4v) is 4.16. The molecule has 8 heteroatoms. The fourth-order valence-electron chi connectivity index (χ4n) is 2.87. The normalized spacial score (nSPS) is 21.0. The summed E-state index contributed by atoms with van der Waals surface area (Å²) in [7, 11) is 0. The van der Waals surface area contributed by atoms with Gasteiger partial charge in [0.1, 0.15) is 10.1 Å². The van der Waals surface area contributed by atoms with E-state index < -0.39 is 5.97 Å². The fraction of sp³-hybridized carbons (Fsp3) is 0.438. The summed E-state index contributed by atoms with van der Waals surface area (Å²) in [5, 5.41) is 10.6. The van der Waals surface area contributed by atoms with E-state index in [1.807, 2.05) is 12.1 Å². The molecule has 0 spiro atoms. The molecule has 2 aliphatic rings. The Bertz CT molecular complexity index is 692. The van der Waals surface area contributed by atoms with Crippen molar-refractivity contribution in [2.75, 3.05) is 19.6 Å². The third kappa shape index (κ3) is 3.88. The highest BCUT2D eigenvalue weighted by molar-refractivity contribution is 8.26. The van der Waals surface area contributed by atoms with Gasteiger partial charge in [-0.3, -0.25) is 14.6 Å². The molecule has 0 aliphatic carbocycles. The van der Waals surface area contributed by atoms with E-state index in [1.54, 1.807) is 6.08 Å². The molecule has 24 heavy (non-hydrogen) atoms. The van der Waals surface area contributed by atoms with Gasteiger partial charge in [-0.05, 0) is 25.3 Å². The molecule has 3 heterocycles. The molecule has 3 rings (SSSR count). The molecule has 0 aromatic carbocycles. The Balaban J connectivity index is 1.70. The average molecular weight is 366 g/mol. The van der Waals surface area contributed by atoms with E-state index in [0.29, 0.717) is 15.0 Å². The number of hydrogen-bond acceptors (Lipinski definition) is 6. The van der Waals surface area contributed by atoms with E-state index in [0.717, 1.165) is 30.7 Å². The summed E-state index contributed by atoms with van der Waals surface area (Å²) in [4.78, 5) is 26.0. The molecule has 1 amide bonds. The van der Waals surface area contributed by atoms with Crippen molar-refractivity contribution in [3.63, 3.8) is 0 Å². The minimum absolute atomic E-state index is 0.0334. The third-order valence-electron chi connectivity index (χ3n) is 4.12. The molecule has 0 atom stereocenters. The lowest BCUT2D eigenvalue weighted by molar-refractivity contribution is -0.846. The molecule has 0 saturated carbocycles. The largest absolute Gasteiger partial charge is 0.550 e. The number of amides is 1. The van der Waals surface area contributed by atoms with E-state index in [-0.39, 0.29) is 18.9 Å². The highest BCUT2D eigenvalue weighted by atomic mass is 32.2. The van der Waals surface area contributed by atoms with Gasteiger partial charge >= 0.3 is 0 Å². The van der Waals surface area contributed by atoms with Crippen molar-refractivity contribution in [2.24, 2.45) is 0 Å². The van der Waals surface area contributed by atoms with Gasteiger partial charge in [0, 0.05) is 31.1 Å². The monoisotopic (exact) mass is 366 g/mol.